The van der Waals surface area contributed by atoms with Gasteiger partial charge in [0.1, 0.15) is 26.3 Å². The van der Waals surface area contributed by atoms with E-state index < -0.39 is 30.8 Å². The molecule has 2 N–H and O–H groups in total. The average Bonchev–Trinajstić information content (AvgIpc) is 2.99. The molecule has 0 radical (unpaired) electrons. The molecule has 124 valence electrons. The molecule has 2 aromatic rings. The first-order valence-corrected chi connectivity index (χ1v) is 9.75. The van der Waals surface area contributed by atoms with Crippen molar-refractivity contribution in [2.45, 2.75) is 30.8 Å². The fourth-order valence-corrected chi connectivity index (χ4v) is 4.55. The Morgan fingerprint density at radius 2 is 2.00 bits per heavy atom. The molecule has 1 aromatic heterocycles. The summed E-state index contributed by atoms with van der Waals surface area (Å²) in [6, 6.07) is 3.30. The van der Waals surface area contributed by atoms with Gasteiger partial charge in [0.15, 0.2) is 12.5 Å². The SMILES string of the molecule is OC1OSPOC2C1O[C@@H](n1cnc3cc(Cl)c(Cl)cc31)[C@@H]2O. The lowest BCUT2D eigenvalue weighted by Gasteiger charge is -2.18. The second-order valence-corrected chi connectivity index (χ2v) is 7.70. The molecule has 0 bridgehead atoms. The number of halogens is 2. The molecule has 0 amide bonds. The predicted molar refractivity (Wildman–Crippen MR) is 87.5 cm³/mol. The van der Waals surface area contributed by atoms with Gasteiger partial charge in [-0.15, -0.1) is 0 Å². The Bertz CT molecular complexity index is 750. The molecule has 4 unspecified atom stereocenters. The highest BCUT2D eigenvalue weighted by molar-refractivity contribution is 8.45. The molecule has 0 spiro atoms. The Labute approximate surface area is 146 Å². The van der Waals surface area contributed by atoms with E-state index in [-0.39, 0.29) is 8.01 Å². The summed E-state index contributed by atoms with van der Waals surface area (Å²) < 4.78 is 18.1. The molecule has 1 aromatic carbocycles. The molecule has 3 heterocycles. The van der Waals surface area contributed by atoms with Crippen molar-refractivity contribution in [1.82, 2.24) is 9.55 Å². The van der Waals surface area contributed by atoms with E-state index in [0.29, 0.717) is 21.1 Å². The Hall–Kier alpha value is -0.150. The van der Waals surface area contributed by atoms with E-state index in [0.717, 1.165) is 11.7 Å². The second kappa shape index (κ2) is 6.29. The van der Waals surface area contributed by atoms with Crippen LogP contribution < -0.4 is 0 Å². The van der Waals surface area contributed by atoms with E-state index in [1.807, 2.05) is 0 Å². The lowest BCUT2D eigenvalue weighted by molar-refractivity contribution is -0.141. The molecule has 4 rings (SSSR count). The van der Waals surface area contributed by atoms with Gasteiger partial charge >= 0.3 is 0 Å². The monoisotopic (exact) mass is 396 g/mol. The van der Waals surface area contributed by atoms with Crippen LogP contribution >= 0.6 is 42.9 Å². The van der Waals surface area contributed by atoms with Crippen molar-refractivity contribution in [2.24, 2.45) is 0 Å². The number of hydrogen-bond donors (Lipinski definition) is 2. The van der Waals surface area contributed by atoms with Crippen LogP contribution in [0, 0.1) is 0 Å². The van der Waals surface area contributed by atoms with E-state index in [1.54, 1.807) is 16.7 Å². The Morgan fingerprint density at radius 3 is 2.83 bits per heavy atom. The number of aliphatic hydroxyl groups is 2. The van der Waals surface area contributed by atoms with Crippen LogP contribution in [0.1, 0.15) is 6.23 Å². The van der Waals surface area contributed by atoms with Gasteiger partial charge in [0, 0.05) is 11.7 Å². The number of rotatable bonds is 1. The largest absolute Gasteiger partial charge is 0.386 e. The van der Waals surface area contributed by atoms with Crippen LogP contribution in [-0.2, 0) is 13.4 Å². The minimum atomic E-state index is -1.19. The van der Waals surface area contributed by atoms with Crippen LogP contribution in [0.3, 0.4) is 0 Å². The molecule has 6 atom stereocenters. The van der Waals surface area contributed by atoms with Gasteiger partial charge in [0.2, 0.25) is 0 Å². The van der Waals surface area contributed by atoms with E-state index in [4.69, 9.17) is 36.6 Å². The quantitative estimate of drug-likeness (QED) is 0.565. The third-order valence-corrected chi connectivity index (χ3v) is 6.02. The predicted octanol–water partition coefficient (Wildman–Crippen LogP) is 2.49. The highest BCUT2D eigenvalue weighted by Crippen LogP contribution is 2.46. The molecule has 2 aliphatic heterocycles. The van der Waals surface area contributed by atoms with Crippen molar-refractivity contribution in [3.63, 3.8) is 0 Å². The van der Waals surface area contributed by atoms with Crippen molar-refractivity contribution in [2.75, 3.05) is 0 Å². The van der Waals surface area contributed by atoms with Crippen LogP contribution in [0.5, 0.6) is 0 Å². The molecule has 11 heteroatoms. The maximum atomic E-state index is 10.6. The van der Waals surface area contributed by atoms with Gasteiger partial charge in [0.25, 0.3) is 0 Å². The second-order valence-electron chi connectivity index (χ2n) is 5.12. The normalized spacial score (nSPS) is 35.6. The van der Waals surface area contributed by atoms with Crippen molar-refractivity contribution in [3.05, 3.63) is 28.5 Å². The van der Waals surface area contributed by atoms with Crippen LogP contribution in [-0.4, -0.2) is 44.4 Å². The number of imidazole rings is 1. The van der Waals surface area contributed by atoms with Crippen molar-refractivity contribution in [3.8, 4) is 0 Å². The Kier molecular flexibility index (Phi) is 4.47. The summed E-state index contributed by atoms with van der Waals surface area (Å²) in [5.74, 6) is 0. The molecule has 0 saturated carbocycles. The van der Waals surface area contributed by atoms with Crippen LogP contribution in [0.15, 0.2) is 18.5 Å². The molecule has 2 fully saturated rings. The van der Waals surface area contributed by atoms with Gasteiger partial charge in [0.05, 0.1) is 27.4 Å². The number of aromatic nitrogens is 2. The van der Waals surface area contributed by atoms with E-state index in [9.17, 15) is 10.2 Å². The van der Waals surface area contributed by atoms with Crippen molar-refractivity contribution < 1.29 is 23.7 Å². The summed E-state index contributed by atoms with van der Waals surface area (Å²) in [6.07, 6.45) is -2.91. The zero-order chi connectivity index (χ0) is 16.1. The Balaban J connectivity index is 1.72. The van der Waals surface area contributed by atoms with Gasteiger partial charge in [-0.25, -0.2) is 4.98 Å². The first-order chi connectivity index (χ1) is 11.1. The number of aliphatic hydroxyl groups excluding tert-OH is 2. The van der Waals surface area contributed by atoms with Crippen LogP contribution in [0.4, 0.5) is 0 Å². The number of hydrogen-bond acceptors (Lipinski definition) is 7. The summed E-state index contributed by atoms with van der Waals surface area (Å²) in [5.41, 5.74) is 1.28. The lowest BCUT2D eigenvalue weighted by Crippen LogP contribution is -2.38. The molecule has 2 saturated heterocycles. The fourth-order valence-electron chi connectivity index (χ4n) is 2.70. The third kappa shape index (κ3) is 2.76. The van der Waals surface area contributed by atoms with E-state index in [1.165, 1.54) is 6.33 Å². The molecule has 7 nitrogen and oxygen atoms in total. The first kappa shape index (κ1) is 16.3. The lowest BCUT2D eigenvalue weighted by atomic mass is 10.1. The standard InChI is InChI=1S/C12H11Cl2N2O5PS/c13-4-1-6-7(2-5(4)14)16(3-15-6)11-8(17)9-10(19-11)12(18)21-23-22-20-9/h1-3,8-12,17-18,22H/t8-,9?,10?,11-,12?/m1/s1. The van der Waals surface area contributed by atoms with Crippen LogP contribution in [0.25, 0.3) is 11.0 Å². The molecular weight excluding hydrogens is 386 g/mol. The molecule has 0 aliphatic carbocycles. The van der Waals surface area contributed by atoms with Gasteiger partial charge in [-0.3, -0.25) is 4.18 Å². The van der Waals surface area contributed by atoms with Crippen molar-refractivity contribution >= 4 is 53.9 Å². The summed E-state index contributed by atoms with van der Waals surface area (Å²) in [7, 11) is -0.0567. The number of ether oxygens (including phenoxy) is 1. The first-order valence-electron chi connectivity index (χ1n) is 6.62. The van der Waals surface area contributed by atoms with E-state index in [2.05, 4.69) is 4.98 Å². The number of fused-ring (bicyclic) bond motifs is 2. The topological polar surface area (TPSA) is 86.0 Å². The van der Waals surface area contributed by atoms with Gasteiger partial charge in [-0.2, -0.15) is 0 Å². The minimum Gasteiger partial charge on any atom is -0.386 e. The summed E-state index contributed by atoms with van der Waals surface area (Å²) >= 11 is 13.1. The van der Waals surface area contributed by atoms with Gasteiger partial charge in [-0.05, 0) is 12.1 Å². The highest BCUT2D eigenvalue weighted by Gasteiger charge is 2.50. The maximum Gasteiger partial charge on any atom is 0.197 e. The number of benzene rings is 1. The Morgan fingerprint density at radius 1 is 1.22 bits per heavy atom. The van der Waals surface area contributed by atoms with E-state index >= 15 is 0 Å². The zero-order valence-electron chi connectivity index (χ0n) is 11.3. The molecule has 23 heavy (non-hydrogen) atoms. The minimum absolute atomic E-state index is 0.0567. The summed E-state index contributed by atoms with van der Waals surface area (Å²) in [6.45, 7) is 0. The highest BCUT2D eigenvalue weighted by atomic mass is 35.5. The summed E-state index contributed by atoms with van der Waals surface area (Å²) in [5, 5.41) is 21.3. The summed E-state index contributed by atoms with van der Waals surface area (Å²) in [4.78, 5) is 4.25. The fraction of sp³-hybridized carbons (Fsp3) is 0.417. The average molecular weight is 397 g/mol. The van der Waals surface area contributed by atoms with Gasteiger partial charge < -0.3 is 24.0 Å². The molecule has 2 aliphatic rings. The third-order valence-electron chi connectivity index (χ3n) is 3.79. The molecular formula is C12H11Cl2N2O5PS. The van der Waals surface area contributed by atoms with Gasteiger partial charge in [-0.1, -0.05) is 23.2 Å². The number of nitrogens with zero attached hydrogens (tertiary/aromatic N) is 2. The van der Waals surface area contributed by atoms with Crippen molar-refractivity contribution in [1.29, 1.82) is 0 Å². The maximum absolute atomic E-state index is 10.6. The smallest absolute Gasteiger partial charge is 0.197 e. The zero-order valence-corrected chi connectivity index (χ0v) is 14.6. The van der Waals surface area contributed by atoms with Crippen LogP contribution in [0.2, 0.25) is 10.0 Å².